The first-order valence-corrected chi connectivity index (χ1v) is 8.97. The van der Waals surface area contributed by atoms with Crippen molar-refractivity contribution in [1.82, 2.24) is 14.4 Å². The third kappa shape index (κ3) is 4.13. The molecule has 0 bridgehead atoms. The van der Waals surface area contributed by atoms with Gasteiger partial charge in [-0.05, 0) is 18.2 Å². The molecule has 0 spiro atoms. The molecule has 28 heavy (non-hydrogen) atoms. The second kappa shape index (κ2) is 8.37. The fraction of sp³-hybridized carbons (Fsp3) is 0.421. The van der Waals surface area contributed by atoms with Crippen LogP contribution in [0.2, 0.25) is 0 Å². The summed E-state index contributed by atoms with van der Waals surface area (Å²) in [7, 11) is 0. The summed E-state index contributed by atoms with van der Waals surface area (Å²) in [6.45, 7) is 2.58. The van der Waals surface area contributed by atoms with Crippen LogP contribution in [0.5, 0.6) is 0 Å². The number of benzene rings is 1. The predicted molar refractivity (Wildman–Crippen MR) is 98.2 cm³/mol. The van der Waals surface area contributed by atoms with Gasteiger partial charge in [-0.2, -0.15) is 5.26 Å². The highest BCUT2D eigenvalue weighted by molar-refractivity contribution is 5.90. The molecular formula is C19H21FN4O4. The fourth-order valence-corrected chi connectivity index (χ4v) is 3.73. The Bertz CT molecular complexity index is 928. The standard InChI is InChI=1S/C19H21FN4O4/c20-13-2-3-14-15(11-24(12-17(25)26)16(14)10-13)18(19(27)28)23-8-6-22(7-9-23)5-1-4-21/h2-3,10-11,18H,1,5-9,12H2,(H,25,26)(H,27,28)/t18-/m1/s1. The Hall–Kier alpha value is -2.96. The Balaban J connectivity index is 1.93. The number of carboxylic acid groups (broad SMARTS) is 2. The number of halogens is 1. The molecule has 0 aliphatic carbocycles. The first-order valence-electron chi connectivity index (χ1n) is 8.97. The van der Waals surface area contributed by atoms with Crippen LogP contribution in [0.25, 0.3) is 10.9 Å². The molecule has 1 aliphatic heterocycles. The summed E-state index contributed by atoms with van der Waals surface area (Å²) >= 11 is 0. The van der Waals surface area contributed by atoms with Gasteiger partial charge in [-0.25, -0.2) is 4.39 Å². The summed E-state index contributed by atoms with van der Waals surface area (Å²) in [5.41, 5.74) is 0.811. The van der Waals surface area contributed by atoms with Crippen molar-refractivity contribution < 1.29 is 24.2 Å². The van der Waals surface area contributed by atoms with Crippen molar-refractivity contribution in [3.05, 3.63) is 35.8 Å². The van der Waals surface area contributed by atoms with Gasteiger partial charge in [0.1, 0.15) is 18.4 Å². The van der Waals surface area contributed by atoms with E-state index >= 15 is 0 Å². The van der Waals surface area contributed by atoms with Gasteiger partial charge in [0.2, 0.25) is 0 Å². The number of nitriles is 1. The first-order chi connectivity index (χ1) is 13.4. The van der Waals surface area contributed by atoms with E-state index in [1.165, 1.54) is 29.0 Å². The molecule has 2 aromatic rings. The van der Waals surface area contributed by atoms with Crippen LogP contribution in [0.4, 0.5) is 4.39 Å². The average Bonchev–Trinajstić information content (AvgIpc) is 2.97. The zero-order chi connectivity index (χ0) is 20.3. The van der Waals surface area contributed by atoms with Crippen LogP contribution in [-0.4, -0.2) is 69.2 Å². The lowest BCUT2D eigenvalue weighted by molar-refractivity contribution is -0.144. The third-order valence-electron chi connectivity index (χ3n) is 5.02. The van der Waals surface area contributed by atoms with Crippen LogP contribution in [0.15, 0.2) is 24.4 Å². The Morgan fingerprint density at radius 2 is 1.93 bits per heavy atom. The molecule has 1 aromatic carbocycles. The number of aliphatic carboxylic acids is 2. The third-order valence-corrected chi connectivity index (χ3v) is 5.02. The summed E-state index contributed by atoms with van der Waals surface area (Å²) in [4.78, 5) is 27.2. The minimum absolute atomic E-state index is 0.358. The molecule has 1 aliphatic rings. The number of nitrogens with zero attached hydrogens (tertiary/aromatic N) is 4. The lowest BCUT2D eigenvalue weighted by atomic mass is 10.0. The molecule has 1 fully saturated rings. The second-order valence-corrected chi connectivity index (χ2v) is 6.79. The Morgan fingerprint density at radius 1 is 1.21 bits per heavy atom. The molecule has 1 aromatic heterocycles. The van der Waals surface area contributed by atoms with Gasteiger partial charge in [0.05, 0.1) is 11.6 Å². The Labute approximate surface area is 161 Å². The second-order valence-electron chi connectivity index (χ2n) is 6.79. The van der Waals surface area contributed by atoms with Crippen LogP contribution in [0, 0.1) is 17.1 Å². The Kier molecular flexibility index (Phi) is 5.92. The van der Waals surface area contributed by atoms with E-state index in [1.54, 1.807) is 0 Å². The molecule has 2 N–H and O–H groups in total. The maximum atomic E-state index is 13.7. The molecule has 9 heteroatoms. The summed E-state index contributed by atoms with van der Waals surface area (Å²) < 4.78 is 15.1. The number of hydrogen-bond acceptors (Lipinski definition) is 5. The highest BCUT2D eigenvalue weighted by atomic mass is 19.1. The van der Waals surface area contributed by atoms with Crippen molar-refractivity contribution in [3.63, 3.8) is 0 Å². The topological polar surface area (TPSA) is 110 Å². The minimum Gasteiger partial charge on any atom is -0.480 e. The maximum absolute atomic E-state index is 13.7. The van der Waals surface area contributed by atoms with Gasteiger partial charge in [0.25, 0.3) is 0 Å². The lowest BCUT2D eigenvalue weighted by Gasteiger charge is -2.37. The molecule has 0 saturated carbocycles. The highest BCUT2D eigenvalue weighted by Crippen LogP contribution is 2.32. The van der Waals surface area contributed by atoms with Gasteiger partial charge in [0.15, 0.2) is 0 Å². The van der Waals surface area contributed by atoms with E-state index in [0.717, 1.165) is 0 Å². The van der Waals surface area contributed by atoms with Crippen molar-refractivity contribution >= 4 is 22.8 Å². The van der Waals surface area contributed by atoms with Crippen LogP contribution in [0.3, 0.4) is 0 Å². The SMILES string of the molecule is N#CCCN1CCN([C@@H](C(=O)O)c2cn(CC(=O)O)c3cc(F)ccc23)CC1. The molecule has 8 nitrogen and oxygen atoms in total. The number of rotatable bonds is 7. The van der Waals surface area contributed by atoms with Gasteiger partial charge in [0, 0.05) is 56.3 Å². The summed E-state index contributed by atoms with van der Waals surface area (Å²) in [6, 6.07) is 5.11. The van der Waals surface area contributed by atoms with Gasteiger partial charge in [-0.1, -0.05) is 0 Å². The van der Waals surface area contributed by atoms with Gasteiger partial charge >= 0.3 is 11.9 Å². The van der Waals surface area contributed by atoms with Gasteiger partial charge in [-0.3, -0.25) is 19.4 Å². The van der Waals surface area contributed by atoms with E-state index in [1.807, 2.05) is 4.90 Å². The summed E-state index contributed by atoms with van der Waals surface area (Å²) in [5.74, 6) is -2.64. The van der Waals surface area contributed by atoms with E-state index in [9.17, 15) is 19.1 Å². The largest absolute Gasteiger partial charge is 0.480 e. The van der Waals surface area contributed by atoms with Crippen molar-refractivity contribution in [2.45, 2.75) is 19.0 Å². The first kappa shape index (κ1) is 19.8. The summed E-state index contributed by atoms with van der Waals surface area (Å²) in [6.07, 6.45) is 1.93. The van der Waals surface area contributed by atoms with E-state index in [4.69, 9.17) is 10.4 Å². The van der Waals surface area contributed by atoms with Crippen molar-refractivity contribution in [2.75, 3.05) is 32.7 Å². The molecule has 1 atom stereocenters. The molecule has 3 rings (SSSR count). The summed E-state index contributed by atoms with van der Waals surface area (Å²) in [5, 5.41) is 28.3. The van der Waals surface area contributed by atoms with Gasteiger partial charge in [-0.15, -0.1) is 0 Å². The maximum Gasteiger partial charge on any atom is 0.325 e. The Morgan fingerprint density at radius 3 is 2.54 bits per heavy atom. The van der Waals surface area contributed by atoms with E-state index < -0.39 is 23.8 Å². The smallest absolute Gasteiger partial charge is 0.325 e. The number of hydrogen-bond donors (Lipinski definition) is 2. The fourth-order valence-electron chi connectivity index (χ4n) is 3.73. The zero-order valence-electron chi connectivity index (χ0n) is 15.2. The predicted octanol–water partition coefficient (Wildman–Crippen LogP) is 1.52. The average molecular weight is 388 g/mol. The van der Waals surface area contributed by atoms with Crippen LogP contribution >= 0.6 is 0 Å². The number of piperazine rings is 1. The lowest BCUT2D eigenvalue weighted by Crippen LogP contribution is -2.49. The van der Waals surface area contributed by atoms with Gasteiger partial charge < -0.3 is 14.8 Å². The number of fused-ring (bicyclic) bond motifs is 1. The molecule has 1 saturated heterocycles. The van der Waals surface area contributed by atoms with E-state index in [2.05, 4.69) is 11.0 Å². The normalized spacial score (nSPS) is 16.7. The quantitative estimate of drug-likeness (QED) is 0.740. The molecular weight excluding hydrogens is 367 g/mol. The number of carbonyl (C=O) groups is 2. The highest BCUT2D eigenvalue weighted by Gasteiger charge is 2.32. The van der Waals surface area contributed by atoms with Crippen molar-refractivity contribution in [2.24, 2.45) is 0 Å². The van der Waals surface area contributed by atoms with Crippen LogP contribution in [0.1, 0.15) is 18.0 Å². The van der Waals surface area contributed by atoms with Crippen LogP contribution in [-0.2, 0) is 16.1 Å². The van der Waals surface area contributed by atoms with E-state index in [-0.39, 0.29) is 6.54 Å². The minimum atomic E-state index is -1.09. The molecule has 0 unspecified atom stereocenters. The van der Waals surface area contributed by atoms with Crippen LogP contribution < -0.4 is 0 Å². The molecule has 0 radical (unpaired) electrons. The van der Waals surface area contributed by atoms with Crippen molar-refractivity contribution in [3.8, 4) is 6.07 Å². The molecule has 2 heterocycles. The molecule has 148 valence electrons. The van der Waals surface area contributed by atoms with Crippen molar-refractivity contribution in [1.29, 1.82) is 5.26 Å². The number of carboxylic acids is 2. The molecule has 0 amide bonds. The van der Waals surface area contributed by atoms with E-state index in [0.29, 0.717) is 55.6 Å². The monoisotopic (exact) mass is 388 g/mol. The number of aromatic nitrogens is 1. The zero-order valence-corrected chi connectivity index (χ0v) is 15.2.